The molecule has 0 saturated heterocycles. The van der Waals surface area contributed by atoms with Crippen LogP contribution in [0.2, 0.25) is 0 Å². The summed E-state index contributed by atoms with van der Waals surface area (Å²) in [5.41, 5.74) is 2.88. The third-order valence-electron chi connectivity index (χ3n) is 3.86. The van der Waals surface area contributed by atoms with Crippen molar-refractivity contribution in [3.63, 3.8) is 0 Å². The molecule has 1 amide bonds. The standard InChI is InChI=1S/C20H26N4O2.HI/c1-4-22-19(25)17-9-5-15(6-10-17)13-23-20(21-2)24-14-16-7-11-18(26-3)12-8-16;/h5-12H,4,13-14H2,1-3H3,(H,22,25)(H2,21,23,24);1H. The summed E-state index contributed by atoms with van der Waals surface area (Å²) in [4.78, 5) is 16.0. The molecule has 27 heavy (non-hydrogen) atoms. The van der Waals surface area contributed by atoms with Gasteiger partial charge in [0.05, 0.1) is 7.11 Å². The first-order valence-electron chi connectivity index (χ1n) is 8.60. The van der Waals surface area contributed by atoms with Crippen LogP contribution in [0, 0.1) is 0 Å². The molecule has 0 saturated carbocycles. The van der Waals surface area contributed by atoms with Crippen LogP contribution in [0.1, 0.15) is 28.4 Å². The maximum absolute atomic E-state index is 11.8. The van der Waals surface area contributed by atoms with Crippen molar-refractivity contribution in [2.24, 2.45) is 4.99 Å². The van der Waals surface area contributed by atoms with E-state index in [1.54, 1.807) is 14.2 Å². The van der Waals surface area contributed by atoms with Crippen LogP contribution < -0.4 is 20.7 Å². The lowest BCUT2D eigenvalue weighted by atomic mass is 10.1. The van der Waals surface area contributed by atoms with E-state index in [1.807, 2.05) is 55.5 Å². The zero-order chi connectivity index (χ0) is 18.8. The second-order valence-corrected chi connectivity index (χ2v) is 5.68. The number of methoxy groups -OCH3 is 1. The van der Waals surface area contributed by atoms with E-state index >= 15 is 0 Å². The van der Waals surface area contributed by atoms with Crippen molar-refractivity contribution < 1.29 is 9.53 Å². The minimum Gasteiger partial charge on any atom is -0.497 e. The summed E-state index contributed by atoms with van der Waals surface area (Å²) in [6.45, 7) is 3.82. The molecule has 0 spiro atoms. The van der Waals surface area contributed by atoms with Crippen molar-refractivity contribution >= 4 is 35.8 Å². The van der Waals surface area contributed by atoms with Crippen LogP contribution in [-0.2, 0) is 13.1 Å². The molecule has 0 bridgehead atoms. The van der Waals surface area contributed by atoms with E-state index in [2.05, 4.69) is 20.9 Å². The molecule has 0 aliphatic rings. The lowest BCUT2D eigenvalue weighted by molar-refractivity contribution is 0.0956. The molecule has 0 unspecified atom stereocenters. The number of nitrogens with one attached hydrogen (secondary N) is 3. The molecule has 146 valence electrons. The van der Waals surface area contributed by atoms with Crippen LogP contribution in [0.15, 0.2) is 53.5 Å². The van der Waals surface area contributed by atoms with Gasteiger partial charge < -0.3 is 20.7 Å². The molecule has 2 aromatic rings. The van der Waals surface area contributed by atoms with Crippen LogP contribution in [-0.4, -0.2) is 32.6 Å². The second-order valence-electron chi connectivity index (χ2n) is 5.68. The maximum Gasteiger partial charge on any atom is 0.251 e. The van der Waals surface area contributed by atoms with Crippen LogP contribution in [0.3, 0.4) is 0 Å². The molecule has 0 atom stereocenters. The predicted molar refractivity (Wildman–Crippen MR) is 120 cm³/mol. The highest BCUT2D eigenvalue weighted by Gasteiger charge is 2.04. The fourth-order valence-electron chi connectivity index (χ4n) is 2.37. The summed E-state index contributed by atoms with van der Waals surface area (Å²) in [7, 11) is 3.39. The normalized spacial score (nSPS) is 10.6. The first-order valence-corrected chi connectivity index (χ1v) is 8.60. The van der Waals surface area contributed by atoms with E-state index in [0.717, 1.165) is 16.9 Å². The molecule has 0 radical (unpaired) electrons. The van der Waals surface area contributed by atoms with Gasteiger partial charge in [0.15, 0.2) is 5.96 Å². The van der Waals surface area contributed by atoms with Gasteiger partial charge in [-0.25, -0.2) is 0 Å². The number of hydrogen-bond donors (Lipinski definition) is 3. The number of aliphatic imine (C=N–C) groups is 1. The number of ether oxygens (including phenoxy) is 1. The quantitative estimate of drug-likeness (QED) is 0.323. The minimum atomic E-state index is -0.0519. The van der Waals surface area contributed by atoms with Crippen molar-refractivity contribution in [1.82, 2.24) is 16.0 Å². The SMILES string of the molecule is CCNC(=O)c1ccc(CNC(=NC)NCc2ccc(OC)cc2)cc1.I. The van der Waals surface area contributed by atoms with Crippen molar-refractivity contribution in [3.8, 4) is 5.75 Å². The van der Waals surface area contributed by atoms with Gasteiger partial charge in [-0.1, -0.05) is 24.3 Å². The number of benzene rings is 2. The molecule has 7 heteroatoms. The summed E-state index contributed by atoms with van der Waals surface area (Å²) in [6, 6.07) is 15.4. The lowest BCUT2D eigenvalue weighted by Gasteiger charge is -2.12. The molecular weight excluding hydrogens is 455 g/mol. The van der Waals surface area contributed by atoms with E-state index in [-0.39, 0.29) is 29.9 Å². The summed E-state index contributed by atoms with van der Waals surface area (Å²) in [5, 5.41) is 9.33. The predicted octanol–water partition coefficient (Wildman–Crippen LogP) is 2.93. The largest absolute Gasteiger partial charge is 0.497 e. The third-order valence-corrected chi connectivity index (χ3v) is 3.86. The first-order chi connectivity index (χ1) is 12.7. The fourth-order valence-corrected chi connectivity index (χ4v) is 2.37. The van der Waals surface area contributed by atoms with Crippen molar-refractivity contribution in [2.45, 2.75) is 20.0 Å². The van der Waals surface area contributed by atoms with Gasteiger partial charge in [-0.3, -0.25) is 9.79 Å². The van der Waals surface area contributed by atoms with E-state index in [0.29, 0.717) is 31.2 Å². The smallest absolute Gasteiger partial charge is 0.251 e. The molecule has 2 rings (SSSR count). The number of carbonyl (C=O) groups excluding carboxylic acids is 1. The van der Waals surface area contributed by atoms with Crippen LogP contribution >= 0.6 is 24.0 Å². The Kier molecular flexibility index (Phi) is 10.2. The van der Waals surface area contributed by atoms with E-state index < -0.39 is 0 Å². The van der Waals surface area contributed by atoms with Gasteiger partial charge in [-0.15, -0.1) is 24.0 Å². The molecule has 6 nitrogen and oxygen atoms in total. The number of guanidine groups is 1. The van der Waals surface area contributed by atoms with E-state index in [4.69, 9.17) is 4.74 Å². The molecule has 0 aliphatic carbocycles. The summed E-state index contributed by atoms with van der Waals surface area (Å²) < 4.78 is 5.16. The maximum atomic E-state index is 11.8. The zero-order valence-corrected chi connectivity index (χ0v) is 18.2. The number of hydrogen-bond acceptors (Lipinski definition) is 3. The number of amides is 1. The summed E-state index contributed by atoms with van der Waals surface area (Å²) in [6.07, 6.45) is 0. The minimum absolute atomic E-state index is 0. The highest BCUT2D eigenvalue weighted by atomic mass is 127. The van der Waals surface area contributed by atoms with Gasteiger partial charge in [-0.05, 0) is 42.3 Å². The Balaban J connectivity index is 0.00000364. The number of halogens is 1. The topological polar surface area (TPSA) is 74.8 Å². The number of carbonyl (C=O) groups is 1. The first kappa shape index (κ1) is 22.8. The fraction of sp³-hybridized carbons (Fsp3) is 0.300. The zero-order valence-electron chi connectivity index (χ0n) is 15.9. The van der Waals surface area contributed by atoms with Crippen molar-refractivity contribution in [2.75, 3.05) is 20.7 Å². The molecule has 2 aromatic carbocycles. The van der Waals surface area contributed by atoms with Crippen LogP contribution in [0.25, 0.3) is 0 Å². The average Bonchev–Trinajstić information content (AvgIpc) is 2.69. The Bertz CT molecular complexity index is 731. The Morgan fingerprint density at radius 2 is 1.44 bits per heavy atom. The number of rotatable bonds is 7. The van der Waals surface area contributed by atoms with Gasteiger partial charge in [-0.2, -0.15) is 0 Å². The van der Waals surface area contributed by atoms with Gasteiger partial charge in [0.1, 0.15) is 5.75 Å². The Morgan fingerprint density at radius 1 is 0.926 bits per heavy atom. The number of nitrogens with zero attached hydrogens (tertiary/aromatic N) is 1. The van der Waals surface area contributed by atoms with Gasteiger partial charge in [0, 0.05) is 32.2 Å². The van der Waals surface area contributed by atoms with Crippen molar-refractivity contribution in [1.29, 1.82) is 0 Å². The monoisotopic (exact) mass is 482 g/mol. The van der Waals surface area contributed by atoms with Gasteiger partial charge in [0.2, 0.25) is 0 Å². The molecule has 3 N–H and O–H groups in total. The van der Waals surface area contributed by atoms with Gasteiger partial charge in [0.25, 0.3) is 5.91 Å². The van der Waals surface area contributed by atoms with E-state index in [9.17, 15) is 4.79 Å². The molecule has 0 aromatic heterocycles. The summed E-state index contributed by atoms with van der Waals surface area (Å²) >= 11 is 0. The Morgan fingerprint density at radius 3 is 1.89 bits per heavy atom. The second kappa shape index (κ2) is 12.2. The molecular formula is C20H27IN4O2. The highest BCUT2D eigenvalue weighted by molar-refractivity contribution is 14.0. The van der Waals surface area contributed by atoms with Crippen LogP contribution in [0.4, 0.5) is 0 Å². The van der Waals surface area contributed by atoms with E-state index in [1.165, 1.54) is 0 Å². The van der Waals surface area contributed by atoms with Crippen LogP contribution in [0.5, 0.6) is 5.75 Å². The average molecular weight is 482 g/mol. The lowest BCUT2D eigenvalue weighted by Crippen LogP contribution is -2.36. The van der Waals surface area contributed by atoms with Crippen molar-refractivity contribution in [3.05, 3.63) is 65.2 Å². The third kappa shape index (κ3) is 7.46. The Labute approximate surface area is 177 Å². The molecule has 0 heterocycles. The molecule has 0 aliphatic heterocycles. The molecule has 0 fully saturated rings. The summed E-state index contributed by atoms with van der Waals surface area (Å²) in [5.74, 6) is 1.50. The van der Waals surface area contributed by atoms with Gasteiger partial charge >= 0.3 is 0 Å². The highest BCUT2D eigenvalue weighted by Crippen LogP contribution is 2.11. The Hall–Kier alpha value is -2.29.